The molecule has 0 fully saturated rings. The topological polar surface area (TPSA) is 108 Å². The smallest absolute Gasteiger partial charge is 0.238 e. The lowest BCUT2D eigenvalue weighted by atomic mass is 10.1. The third kappa shape index (κ3) is 5.20. The molecule has 2 aromatic rings. The molecule has 0 radical (unpaired) electrons. The fraction of sp³-hybridized carbons (Fsp3) is 0.235. The summed E-state index contributed by atoms with van der Waals surface area (Å²) >= 11 is 0. The minimum Gasteiger partial charge on any atom is -0.493 e. The number of aryl methyl sites for hydroxylation is 1. The van der Waals surface area contributed by atoms with Crippen LogP contribution in [0, 0.1) is 0 Å². The lowest BCUT2D eigenvalue weighted by molar-refractivity contribution is -0.116. The van der Waals surface area contributed by atoms with Crippen LogP contribution >= 0.6 is 0 Å². The Balaban J connectivity index is 1.99. The zero-order chi connectivity index (χ0) is 18.4. The van der Waals surface area contributed by atoms with Crippen LogP contribution in [-0.2, 0) is 21.2 Å². The number of amides is 1. The van der Waals surface area contributed by atoms with Crippen LogP contribution in [0.3, 0.4) is 0 Å². The summed E-state index contributed by atoms with van der Waals surface area (Å²) in [5, 5.41) is 7.74. The number of primary sulfonamides is 1. The van der Waals surface area contributed by atoms with Crippen LogP contribution in [-0.4, -0.2) is 28.5 Å². The number of carbonyl (C=O) groups is 1. The normalized spacial score (nSPS) is 11.0. The highest BCUT2D eigenvalue weighted by molar-refractivity contribution is 7.89. The van der Waals surface area contributed by atoms with Gasteiger partial charge in [-0.3, -0.25) is 4.79 Å². The molecule has 0 saturated heterocycles. The van der Waals surface area contributed by atoms with Gasteiger partial charge in [0.1, 0.15) is 0 Å². The van der Waals surface area contributed by atoms with Gasteiger partial charge in [-0.15, -0.1) is 0 Å². The summed E-state index contributed by atoms with van der Waals surface area (Å²) in [6, 6.07) is 11.3. The van der Waals surface area contributed by atoms with Crippen molar-refractivity contribution in [1.82, 2.24) is 0 Å². The molecule has 3 N–H and O–H groups in total. The maximum absolute atomic E-state index is 12.1. The Kier molecular flexibility index (Phi) is 6.00. The number of ether oxygens (including phenoxy) is 2. The summed E-state index contributed by atoms with van der Waals surface area (Å²) in [7, 11) is -0.703. The molecule has 1 amide bonds. The van der Waals surface area contributed by atoms with Crippen molar-refractivity contribution in [3.8, 4) is 11.5 Å². The minimum absolute atomic E-state index is 0.0507. The van der Waals surface area contributed by atoms with Gasteiger partial charge in [0.25, 0.3) is 0 Å². The second kappa shape index (κ2) is 8.00. The van der Waals surface area contributed by atoms with Gasteiger partial charge in [0.05, 0.1) is 19.1 Å². The van der Waals surface area contributed by atoms with Crippen molar-refractivity contribution in [3.63, 3.8) is 0 Å². The van der Waals surface area contributed by atoms with Crippen LogP contribution in [0.2, 0.25) is 0 Å². The Labute approximate surface area is 146 Å². The van der Waals surface area contributed by atoms with E-state index in [1.165, 1.54) is 18.2 Å². The first-order chi connectivity index (χ1) is 11.8. The number of anilines is 1. The molecule has 8 heteroatoms. The molecule has 0 bridgehead atoms. The number of carbonyl (C=O) groups excluding carboxylic acids is 1. The van der Waals surface area contributed by atoms with Gasteiger partial charge in [0.2, 0.25) is 15.9 Å². The SMILES string of the molecule is COc1ccc(CCC(=O)Nc2cccc(S(N)(=O)=O)c2)cc1OC. The molecule has 0 spiro atoms. The Bertz CT molecular complexity index is 865. The molecule has 2 aromatic carbocycles. The molecule has 0 aliphatic rings. The molecule has 0 unspecified atom stereocenters. The predicted octanol–water partition coefficient (Wildman–Crippen LogP) is 1.92. The molecule has 0 atom stereocenters. The quantitative estimate of drug-likeness (QED) is 0.780. The lowest BCUT2D eigenvalue weighted by Gasteiger charge is -2.10. The van der Waals surface area contributed by atoms with Crippen LogP contribution in [0.4, 0.5) is 5.69 Å². The number of hydrogen-bond donors (Lipinski definition) is 2. The zero-order valence-electron chi connectivity index (χ0n) is 14.0. The number of benzene rings is 2. The van der Waals surface area contributed by atoms with Crippen molar-refractivity contribution in [3.05, 3.63) is 48.0 Å². The molecular weight excluding hydrogens is 344 g/mol. The van der Waals surface area contributed by atoms with E-state index in [4.69, 9.17) is 14.6 Å². The van der Waals surface area contributed by atoms with Gasteiger partial charge in [-0.1, -0.05) is 12.1 Å². The Morgan fingerprint density at radius 2 is 1.80 bits per heavy atom. The Morgan fingerprint density at radius 3 is 2.44 bits per heavy atom. The minimum atomic E-state index is -3.81. The molecule has 2 rings (SSSR count). The predicted molar refractivity (Wildman–Crippen MR) is 94.3 cm³/mol. The van der Waals surface area contributed by atoms with E-state index in [0.29, 0.717) is 23.6 Å². The first-order valence-corrected chi connectivity index (χ1v) is 9.01. The zero-order valence-corrected chi connectivity index (χ0v) is 14.8. The van der Waals surface area contributed by atoms with Crippen LogP contribution in [0.25, 0.3) is 0 Å². The molecule has 7 nitrogen and oxygen atoms in total. The van der Waals surface area contributed by atoms with Crippen molar-refractivity contribution in [1.29, 1.82) is 0 Å². The third-order valence-electron chi connectivity index (χ3n) is 3.54. The molecule has 25 heavy (non-hydrogen) atoms. The molecule has 0 saturated carbocycles. The van der Waals surface area contributed by atoms with E-state index in [0.717, 1.165) is 5.56 Å². The summed E-state index contributed by atoms with van der Waals surface area (Å²) in [5.41, 5.74) is 1.30. The van der Waals surface area contributed by atoms with E-state index in [9.17, 15) is 13.2 Å². The van der Waals surface area contributed by atoms with E-state index >= 15 is 0 Å². The number of hydrogen-bond acceptors (Lipinski definition) is 5. The first-order valence-electron chi connectivity index (χ1n) is 7.47. The van der Waals surface area contributed by atoms with Crippen LogP contribution in [0.5, 0.6) is 11.5 Å². The molecule has 0 aliphatic carbocycles. The molecule has 0 aromatic heterocycles. The Morgan fingerprint density at radius 1 is 1.08 bits per heavy atom. The number of methoxy groups -OCH3 is 2. The monoisotopic (exact) mass is 364 g/mol. The van der Waals surface area contributed by atoms with E-state index in [1.54, 1.807) is 26.4 Å². The standard InChI is InChI=1S/C17H20N2O5S/c1-23-15-8-6-12(10-16(15)24-2)7-9-17(20)19-13-4-3-5-14(11-13)25(18,21)22/h3-6,8,10-11H,7,9H2,1-2H3,(H,19,20)(H2,18,21,22). The lowest BCUT2D eigenvalue weighted by Crippen LogP contribution is -2.15. The molecular formula is C17H20N2O5S. The van der Waals surface area contributed by atoms with Gasteiger partial charge in [-0.2, -0.15) is 0 Å². The average molecular weight is 364 g/mol. The molecule has 0 aliphatic heterocycles. The van der Waals surface area contributed by atoms with Crippen LogP contribution in [0.1, 0.15) is 12.0 Å². The second-order valence-corrected chi connectivity index (χ2v) is 6.87. The van der Waals surface area contributed by atoms with E-state index in [-0.39, 0.29) is 17.2 Å². The summed E-state index contributed by atoms with van der Waals surface area (Å²) in [5.74, 6) is 0.984. The van der Waals surface area contributed by atoms with Gasteiger partial charge < -0.3 is 14.8 Å². The highest BCUT2D eigenvalue weighted by Crippen LogP contribution is 2.28. The fourth-order valence-electron chi connectivity index (χ4n) is 2.27. The third-order valence-corrected chi connectivity index (χ3v) is 4.45. The number of sulfonamides is 1. The van der Waals surface area contributed by atoms with E-state index < -0.39 is 10.0 Å². The van der Waals surface area contributed by atoms with Crippen molar-refractivity contribution in [2.45, 2.75) is 17.7 Å². The van der Waals surface area contributed by atoms with Crippen LogP contribution < -0.4 is 19.9 Å². The molecule has 0 heterocycles. The summed E-state index contributed by atoms with van der Waals surface area (Å²) in [6.07, 6.45) is 0.732. The first kappa shape index (κ1) is 18.8. The highest BCUT2D eigenvalue weighted by atomic mass is 32.2. The summed E-state index contributed by atoms with van der Waals surface area (Å²) in [4.78, 5) is 12.0. The average Bonchev–Trinajstić information content (AvgIpc) is 2.59. The second-order valence-electron chi connectivity index (χ2n) is 5.31. The van der Waals surface area contributed by atoms with Crippen molar-refractivity contribution in [2.75, 3.05) is 19.5 Å². The summed E-state index contributed by atoms with van der Waals surface area (Å²) < 4.78 is 33.1. The maximum Gasteiger partial charge on any atom is 0.238 e. The maximum atomic E-state index is 12.1. The van der Waals surface area contributed by atoms with Gasteiger partial charge in [0.15, 0.2) is 11.5 Å². The highest BCUT2D eigenvalue weighted by Gasteiger charge is 2.10. The largest absolute Gasteiger partial charge is 0.493 e. The summed E-state index contributed by atoms with van der Waals surface area (Å²) in [6.45, 7) is 0. The van der Waals surface area contributed by atoms with E-state index in [2.05, 4.69) is 5.32 Å². The van der Waals surface area contributed by atoms with Gasteiger partial charge in [-0.05, 0) is 42.3 Å². The van der Waals surface area contributed by atoms with Gasteiger partial charge >= 0.3 is 0 Å². The number of nitrogens with one attached hydrogen (secondary N) is 1. The van der Waals surface area contributed by atoms with Crippen molar-refractivity contribution < 1.29 is 22.7 Å². The van der Waals surface area contributed by atoms with Crippen molar-refractivity contribution >= 4 is 21.6 Å². The van der Waals surface area contributed by atoms with E-state index in [1.807, 2.05) is 12.1 Å². The van der Waals surface area contributed by atoms with Crippen molar-refractivity contribution in [2.24, 2.45) is 5.14 Å². The number of nitrogens with two attached hydrogens (primary N) is 1. The van der Waals surface area contributed by atoms with Crippen LogP contribution in [0.15, 0.2) is 47.4 Å². The fourth-order valence-corrected chi connectivity index (χ4v) is 2.83. The van der Waals surface area contributed by atoms with Gasteiger partial charge in [-0.25, -0.2) is 13.6 Å². The molecule has 134 valence electrons. The number of rotatable bonds is 7. The Hall–Kier alpha value is -2.58. The van der Waals surface area contributed by atoms with Gasteiger partial charge in [0, 0.05) is 12.1 Å².